The quantitative estimate of drug-likeness (QED) is 0.770. The molecule has 0 saturated heterocycles. The molecule has 6 nitrogen and oxygen atoms in total. The number of aromatic nitrogens is 2. The molecular weight excluding hydrogens is 352 g/mol. The van der Waals surface area contributed by atoms with Crippen molar-refractivity contribution in [3.8, 4) is 0 Å². The highest BCUT2D eigenvalue weighted by Gasteiger charge is 2.52. The van der Waals surface area contributed by atoms with Crippen molar-refractivity contribution in [2.24, 2.45) is 4.99 Å². The average Bonchev–Trinajstić information content (AvgIpc) is 3.30. The van der Waals surface area contributed by atoms with Gasteiger partial charge in [-0.3, -0.25) is 4.79 Å². The topological polar surface area (TPSA) is 70.6 Å². The number of imidazole rings is 1. The predicted molar refractivity (Wildman–Crippen MR) is 109 cm³/mol. The zero-order valence-electron chi connectivity index (χ0n) is 16.3. The lowest BCUT2D eigenvalue weighted by molar-refractivity contribution is -0.131. The fourth-order valence-corrected chi connectivity index (χ4v) is 3.90. The Bertz CT molecular complexity index is 899. The monoisotopic (exact) mass is 378 g/mol. The molecule has 1 amide bonds. The number of allylic oxidation sites excluding steroid dienone is 4. The fourth-order valence-electron chi connectivity index (χ4n) is 3.90. The zero-order chi connectivity index (χ0) is 19.6. The van der Waals surface area contributed by atoms with Crippen molar-refractivity contribution in [2.45, 2.75) is 44.6 Å². The largest absolute Gasteiger partial charge is 0.434 e. The van der Waals surface area contributed by atoms with E-state index in [1.807, 2.05) is 23.1 Å². The number of rotatable bonds is 6. The summed E-state index contributed by atoms with van der Waals surface area (Å²) >= 11 is 0. The Hall–Kier alpha value is -2.89. The molecule has 6 heteroatoms. The minimum atomic E-state index is -0.0728. The van der Waals surface area contributed by atoms with Crippen LogP contribution in [0.3, 0.4) is 0 Å². The van der Waals surface area contributed by atoms with Gasteiger partial charge in [0.25, 0.3) is 5.91 Å². The lowest BCUT2D eigenvalue weighted by atomic mass is 9.95. The first-order valence-electron chi connectivity index (χ1n) is 9.90. The van der Waals surface area contributed by atoms with Crippen molar-refractivity contribution < 1.29 is 9.53 Å². The predicted octanol–water partition coefficient (Wildman–Crippen LogP) is 3.56. The molecule has 28 heavy (non-hydrogen) atoms. The molecule has 1 aromatic heterocycles. The van der Waals surface area contributed by atoms with Gasteiger partial charge in [-0.2, -0.15) is 0 Å². The molecule has 1 aliphatic carbocycles. The van der Waals surface area contributed by atoms with Crippen LogP contribution in [0.5, 0.6) is 0 Å². The average molecular weight is 378 g/mol. The summed E-state index contributed by atoms with van der Waals surface area (Å²) in [4.78, 5) is 27.2. The molecular formula is C22H26N4O2. The standard InChI is InChI=1S/C22H26N4O2/c1-3-5-6-8-16(7-4-2)20-23-12-9-18(28-20)21(27)26-13-17-19(25-15-24-17)22(14-26)10-11-22/h3,5-6,8-9,15H,1,4,7,10-14H2,2H3,(H,24,25)/b6-5-,16-8+. The molecule has 1 saturated carbocycles. The number of carbonyl (C=O) groups excluding carboxylic acids is 1. The van der Waals surface area contributed by atoms with Crippen molar-refractivity contribution in [3.63, 3.8) is 0 Å². The fraction of sp³-hybridized carbons (Fsp3) is 0.409. The number of H-pyrrole nitrogens is 1. The van der Waals surface area contributed by atoms with Crippen LogP contribution < -0.4 is 0 Å². The summed E-state index contributed by atoms with van der Waals surface area (Å²) in [7, 11) is 0. The molecule has 0 aromatic carbocycles. The number of ether oxygens (including phenoxy) is 1. The van der Waals surface area contributed by atoms with Crippen molar-refractivity contribution in [2.75, 3.05) is 13.1 Å². The molecule has 0 atom stereocenters. The second-order valence-electron chi connectivity index (χ2n) is 7.55. The van der Waals surface area contributed by atoms with Gasteiger partial charge in [-0.25, -0.2) is 9.98 Å². The number of hydrogen-bond donors (Lipinski definition) is 1. The van der Waals surface area contributed by atoms with Gasteiger partial charge < -0.3 is 14.6 Å². The number of aliphatic imine (C=N–C) groups is 1. The van der Waals surface area contributed by atoms with Gasteiger partial charge in [0.05, 0.1) is 30.8 Å². The van der Waals surface area contributed by atoms with E-state index >= 15 is 0 Å². The minimum absolute atomic E-state index is 0.0398. The SMILES string of the molecule is C=C/C=C\C=C(/CCC)C1=NCC=C(C(=O)N2Cc3[nH]cnc3C3(CC3)C2)O1. The van der Waals surface area contributed by atoms with Gasteiger partial charge in [0, 0.05) is 17.5 Å². The van der Waals surface area contributed by atoms with E-state index < -0.39 is 0 Å². The van der Waals surface area contributed by atoms with E-state index in [4.69, 9.17) is 4.74 Å². The van der Waals surface area contributed by atoms with Crippen molar-refractivity contribution in [1.82, 2.24) is 14.9 Å². The number of fused-ring (bicyclic) bond motifs is 2. The molecule has 0 radical (unpaired) electrons. The first kappa shape index (κ1) is 18.5. The van der Waals surface area contributed by atoms with Crippen LogP contribution >= 0.6 is 0 Å². The number of hydrogen-bond acceptors (Lipinski definition) is 4. The Morgan fingerprint density at radius 3 is 3.04 bits per heavy atom. The normalized spacial score (nSPS) is 20.5. The molecule has 1 N–H and O–H groups in total. The van der Waals surface area contributed by atoms with Gasteiger partial charge in [-0.1, -0.05) is 44.2 Å². The second-order valence-corrected chi connectivity index (χ2v) is 7.55. The Morgan fingerprint density at radius 1 is 1.43 bits per heavy atom. The van der Waals surface area contributed by atoms with Gasteiger partial charge in [-0.15, -0.1) is 0 Å². The van der Waals surface area contributed by atoms with Gasteiger partial charge in [0.2, 0.25) is 5.90 Å². The molecule has 0 unspecified atom stereocenters. The van der Waals surface area contributed by atoms with E-state index in [1.54, 1.807) is 18.5 Å². The molecule has 1 aromatic rings. The maximum absolute atomic E-state index is 13.2. The summed E-state index contributed by atoms with van der Waals surface area (Å²) in [6, 6.07) is 0. The molecule has 3 aliphatic rings. The number of nitrogens with one attached hydrogen (secondary N) is 1. The van der Waals surface area contributed by atoms with Crippen molar-refractivity contribution in [1.29, 1.82) is 0 Å². The lowest BCUT2D eigenvalue weighted by Gasteiger charge is -2.33. The molecule has 146 valence electrons. The van der Waals surface area contributed by atoms with Gasteiger partial charge >= 0.3 is 0 Å². The second kappa shape index (κ2) is 7.62. The van der Waals surface area contributed by atoms with E-state index in [0.29, 0.717) is 31.3 Å². The first-order chi connectivity index (χ1) is 13.7. The summed E-state index contributed by atoms with van der Waals surface area (Å²) in [6.07, 6.45) is 15.0. The van der Waals surface area contributed by atoms with Crippen molar-refractivity contribution in [3.05, 3.63) is 66.0 Å². The number of nitrogens with zero attached hydrogens (tertiary/aromatic N) is 3. The number of amides is 1. The summed E-state index contributed by atoms with van der Waals surface area (Å²) in [5.74, 6) is 0.844. The Labute approximate surface area is 165 Å². The summed E-state index contributed by atoms with van der Waals surface area (Å²) in [6.45, 7) is 7.51. The third-order valence-electron chi connectivity index (χ3n) is 5.47. The van der Waals surface area contributed by atoms with E-state index in [2.05, 4.69) is 28.5 Å². The Morgan fingerprint density at radius 2 is 2.29 bits per heavy atom. The number of carbonyl (C=O) groups is 1. The maximum Gasteiger partial charge on any atom is 0.289 e. The highest BCUT2D eigenvalue weighted by Crippen LogP contribution is 2.51. The minimum Gasteiger partial charge on any atom is -0.434 e. The zero-order valence-corrected chi connectivity index (χ0v) is 16.3. The molecule has 1 spiro atoms. The number of aromatic amines is 1. The summed E-state index contributed by atoms with van der Waals surface area (Å²) in [5, 5.41) is 0. The maximum atomic E-state index is 13.2. The van der Waals surface area contributed by atoms with Crippen LogP contribution in [0.15, 0.2) is 59.6 Å². The third-order valence-corrected chi connectivity index (χ3v) is 5.47. The van der Waals surface area contributed by atoms with Crippen LogP contribution in [-0.2, 0) is 21.5 Å². The van der Waals surface area contributed by atoms with Gasteiger partial charge in [0.15, 0.2) is 5.76 Å². The molecule has 1 fully saturated rings. The highest BCUT2D eigenvalue weighted by atomic mass is 16.5. The van der Waals surface area contributed by atoms with E-state index in [0.717, 1.165) is 42.6 Å². The van der Waals surface area contributed by atoms with Crippen LogP contribution in [0.1, 0.15) is 44.0 Å². The first-order valence-corrected chi connectivity index (χ1v) is 9.90. The Kier molecular flexibility index (Phi) is 5.03. The van der Waals surface area contributed by atoms with Crippen LogP contribution in [0.4, 0.5) is 0 Å². The molecule has 2 aliphatic heterocycles. The van der Waals surface area contributed by atoms with E-state index in [9.17, 15) is 4.79 Å². The van der Waals surface area contributed by atoms with Crippen LogP contribution in [0.25, 0.3) is 0 Å². The highest BCUT2D eigenvalue weighted by molar-refractivity contribution is 6.01. The van der Waals surface area contributed by atoms with E-state index in [1.165, 1.54) is 0 Å². The lowest BCUT2D eigenvalue weighted by Crippen LogP contribution is -2.43. The van der Waals surface area contributed by atoms with Gasteiger partial charge in [0.1, 0.15) is 0 Å². The summed E-state index contributed by atoms with van der Waals surface area (Å²) in [5.41, 5.74) is 3.22. The van der Waals surface area contributed by atoms with Gasteiger partial charge in [-0.05, 0) is 25.3 Å². The van der Waals surface area contributed by atoms with Crippen LogP contribution in [0, 0.1) is 0 Å². The summed E-state index contributed by atoms with van der Waals surface area (Å²) < 4.78 is 5.97. The van der Waals surface area contributed by atoms with Crippen molar-refractivity contribution >= 4 is 11.8 Å². The molecule has 0 bridgehead atoms. The molecule has 3 heterocycles. The van der Waals surface area contributed by atoms with Crippen LogP contribution in [-0.4, -0.2) is 39.8 Å². The van der Waals surface area contributed by atoms with E-state index in [-0.39, 0.29) is 11.3 Å². The Balaban J connectivity index is 1.49. The van der Waals surface area contributed by atoms with Crippen LogP contribution in [0.2, 0.25) is 0 Å². The molecule has 4 rings (SSSR count). The third kappa shape index (κ3) is 3.46. The smallest absolute Gasteiger partial charge is 0.289 e.